The zero-order valence-electron chi connectivity index (χ0n) is 14.2. The van der Waals surface area contributed by atoms with E-state index in [1.807, 2.05) is 0 Å². The van der Waals surface area contributed by atoms with Crippen molar-refractivity contribution in [1.82, 2.24) is 10.6 Å². The molecule has 0 spiro atoms. The lowest BCUT2D eigenvalue weighted by atomic mass is 10.2. The number of benzene rings is 1. The van der Waals surface area contributed by atoms with Crippen LogP contribution in [0.15, 0.2) is 24.3 Å². The van der Waals surface area contributed by atoms with Crippen LogP contribution in [0.5, 0.6) is 11.5 Å². The number of hydrogen-bond acceptors (Lipinski definition) is 6. The Morgan fingerprint density at radius 2 is 1.88 bits per heavy atom. The first kappa shape index (κ1) is 18.3. The van der Waals surface area contributed by atoms with Crippen LogP contribution in [0.4, 0.5) is 4.79 Å². The Bertz CT molecular complexity index is 698. The molecule has 8 nitrogen and oxygen atoms in total. The first-order valence-corrected chi connectivity index (χ1v) is 7.75. The second-order valence-electron chi connectivity index (χ2n) is 5.64. The summed E-state index contributed by atoms with van der Waals surface area (Å²) in [6.45, 7) is 5.06. The van der Waals surface area contributed by atoms with E-state index < -0.39 is 24.0 Å². The lowest BCUT2D eigenvalue weighted by molar-refractivity contribution is -0.149. The van der Waals surface area contributed by atoms with Gasteiger partial charge in [-0.2, -0.15) is 0 Å². The molecule has 0 fully saturated rings. The van der Waals surface area contributed by atoms with Gasteiger partial charge in [-0.05, 0) is 44.5 Å². The van der Waals surface area contributed by atoms with E-state index in [0.717, 1.165) is 5.56 Å². The largest absolute Gasteiger partial charge is 0.454 e. The van der Waals surface area contributed by atoms with Gasteiger partial charge >= 0.3 is 12.0 Å². The minimum atomic E-state index is -1.10. The average Bonchev–Trinajstić information content (AvgIpc) is 2.99. The first-order chi connectivity index (χ1) is 11.8. The van der Waals surface area contributed by atoms with E-state index in [9.17, 15) is 14.4 Å². The molecule has 1 heterocycles. The van der Waals surface area contributed by atoms with Crippen LogP contribution >= 0.6 is 0 Å². The topological polar surface area (TPSA) is 103 Å². The number of carbonyl (C=O) groups excluding carboxylic acids is 3. The van der Waals surface area contributed by atoms with Gasteiger partial charge in [-0.15, -0.1) is 0 Å². The third-order valence-electron chi connectivity index (χ3n) is 3.13. The molecule has 2 N–H and O–H groups in total. The molecule has 1 aromatic carbocycles. The van der Waals surface area contributed by atoms with Gasteiger partial charge < -0.3 is 19.5 Å². The van der Waals surface area contributed by atoms with Crippen LogP contribution < -0.4 is 20.1 Å². The van der Waals surface area contributed by atoms with E-state index in [0.29, 0.717) is 11.5 Å². The molecule has 1 aliphatic rings. The van der Waals surface area contributed by atoms with Crippen LogP contribution in [0.3, 0.4) is 0 Å². The number of fused-ring (bicyclic) bond motifs is 1. The van der Waals surface area contributed by atoms with Crippen LogP contribution in [-0.2, 0) is 14.3 Å². The number of hydrogen-bond donors (Lipinski definition) is 2. The van der Waals surface area contributed by atoms with Crippen molar-refractivity contribution in [2.45, 2.75) is 32.9 Å². The second-order valence-corrected chi connectivity index (χ2v) is 5.64. The predicted molar refractivity (Wildman–Crippen MR) is 89.0 cm³/mol. The molecule has 2 rings (SSSR count). The zero-order chi connectivity index (χ0) is 18.4. The Morgan fingerprint density at radius 1 is 1.16 bits per heavy atom. The highest BCUT2D eigenvalue weighted by molar-refractivity contribution is 5.98. The SMILES string of the molecule is CC(C)NC(=O)NC(=O)C(C)OC(=O)/C=C/c1ccc2c(c1)OCO2. The summed E-state index contributed by atoms with van der Waals surface area (Å²) in [5.41, 5.74) is 0.717. The first-order valence-electron chi connectivity index (χ1n) is 7.75. The molecule has 1 unspecified atom stereocenters. The number of urea groups is 1. The Hall–Kier alpha value is -3.03. The van der Waals surface area contributed by atoms with Gasteiger partial charge in [-0.25, -0.2) is 9.59 Å². The number of carbonyl (C=O) groups is 3. The third-order valence-corrected chi connectivity index (χ3v) is 3.13. The fourth-order valence-electron chi connectivity index (χ4n) is 1.96. The standard InChI is InChI=1S/C17H20N2O6/c1-10(2)18-17(22)19-16(21)11(3)25-15(20)7-5-12-4-6-13-14(8-12)24-9-23-13/h4-8,10-11H,9H2,1-3H3,(H2,18,19,21,22)/b7-5+. The van der Waals surface area contributed by atoms with Gasteiger partial charge in [0, 0.05) is 12.1 Å². The summed E-state index contributed by atoms with van der Waals surface area (Å²) >= 11 is 0. The molecule has 0 bridgehead atoms. The number of nitrogens with one attached hydrogen (secondary N) is 2. The summed E-state index contributed by atoms with van der Waals surface area (Å²) in [5, 5.41) is 4.60. The van der Waals surface area contributed by atoms with Crippen molar-refractivity contribution in [2.24, 2.45) is 0 Å². The second kappa shape index (κ2) is 8.18. The zero-order valence-corrected chi connectivity index (χ0v) is 14.2. The Labute approximate surface area is 145 Å². The maximum atomic E-state index is 11.8. The van der Waals surface area contributed by atoms with Gasteiger partial charge in [-0.3, -0.25) is 10.1 Å². The number of imide groups is 1. The lowest BCUT2D eigenvalue weighted by Crippen LogP contribution is -2.46. The van der Waals surface area contributed by atoms with Gasteiger partial charge in [0.2, 0.25) is 6.79 Å². The van der Waals surface area contributed by atoms with E-state index in [-0.39, 0.29) is 12.8 Å². The molecule has 25 heavy (non-hydrogen) atoms. The molecule has 1 aromatic rings. The van der Waals surface area contributed by atoms with Gasteiger partial charge in [0.15, 0.2) is 17.6 Å². The number of rotatable bonds is 5. The fraction of sp³-hybridized carbons (Fsp3) is 0.353. The van der Waals surface area contributed by atoms with Crippen LogP contribution in [0, 0.1) is 0 Å². The highest BCUT2D eigenvalue weighted by atomic mass is 16.7. The lowest BCUT2D eigenvalue weighted by Gasteiger charge is -2.13. The van der Waals surface area contributed by atoms with Crippen molar-refractivity contribution in [3.8, 4) is 11.5 Å². The number of ether oxygens (including phenoxy) is 3. The van der Waals surface area contributed by atoms with Gasteiger partial charge in [0.1, 0.15) is 0 Å². The van der Waals surface area contributed by atoms with Crippen molar-refractivity contribution in [2.75, 3.05) is 6.79 Å². The molecule has 0 aliphatic carbocycles. The summed E-state index contributed by atoms with van der Waals surface area (Å²) < 4.78 is 15.4. The predicted octanol–water partition coefficient (Wildman–Crippen LogP) is 1.59. The van der Waals surface area contributed by atoms with Crippen molar-refractivity contribution >= 4 is 24.0 Å². The smallest absolute Gasteiger partial charge is 0.331 e. The molecule has 3 amide bonds. The molecule has 1 atom stereocenters. The molecule has 0 saturated heterocycles. The van der Waals surface area contributed by atoms with E-state index in [4.69, 9.17) is 14.2 Å². The van der Waals surface area contributed by atoms with Crippen LogP contribution in [0.2, 0.25) is 0 Å². The monoisotopic (exact) mass is 348 g/mol. The highest BCUT2D eigenvalue weighted by Gasteiger charge is 2.19. The molecular weight excluding hydrogens is 328 g/mol. The van der Waals surface area contributed by atoms with Gasteiger partial charge in [0.25, 0.3) is 5.91 Å². The third kappa shape index (κ3) is 5.52. The highest BCUT2D eigenvalue weighted by Crippen LogP contribution is 2.32. The van der Waals surface area contributed by atoms with E-state index >= 15 is 0 Å². The van der Waals surface area contributed by atoms with E-state index in [2.05, 4.69) is 10.6 Å². The molecule has 134 valence electrons. The van der Waals surface area contributed by atoms with Crippen molar-refractivity contribution < 1.29 is 28.6 Å². The minimum absolute atomic E-state index is 0.115. The van der Waals surface area contributed by atoms with Crippen LogP contribution in [0.1, 0.15) is 26.3 Å². The average molecular weight is 348 g/mol. The Balaban J connectivity index is 1.84. The molecule has 1 aliphatic heterocycles. The molecule has 0 saturated carbocycles. The Kier molecular flexibility index (Phi) is 5.99. The van der Waals surface area contributed by atoms with Gasteiger partial charge in [-0.1, -0.05) is 6.07 Å². The van der Waals surface area contributed by atoms with Crippen LogP contribution in [0.25, 0.3) is 6.08 Å². The summed E-state index contributed by atoms with van der Waals surface area (Å²) in [5.74, 6) is -0.170. The summed E-state index contributed by atoms with van der Waals surface area (Å²) in [7, 11) is 0. The van der Waals surface area contributed by atoms with E-state index in [1.165, 1.54) is 19.1 Å². The van der Waals surface area contributed by atoms with Crippen molar-refractivity contribution in [3.63, 3.8) is 0 Å². The summed E-state index contributed by atoms with van der Waals surface area (Å²) in [6, 6.07) is 4.45. The maximum Gasteiger partial charge on any atom is 0.331 e. The minimum Gasteiger partial charge on any atom is -0.454 e. The van der Waals surface area contributed by atoms with Crippen LogP contribution in [-0.4, -0.2) is 36.8 Å². The fourth-order valence-corrected chi connectivity index (χ4v) is 1.96. The molecule has 0 radical (unpaired) electrons. The van der Waals surface area contributed by atoms with Gasteiger partial charge in [0.05, 0.1) is 0 Å². The van der Waals surface area contributed by atoms with Crippen molar-refractivity contribution in [3.05, 3.63) is 29.8 Å². The summed E-state index contributed by atoms with van der Waals surface area (Å²) in [6.07, 6.45) is 1.61. The Morgan fingerprint density at radius 3 is 2.60 bits per heavy atom. The molecule has 8 heteroatoms. The number of esters is 1. The van der Waals surface area contributed by atoms with E-state index in [1.54, 1.807) is 32.0 Å². The maximum absolute atomic E-state index is 11.8. The molecular formula is C17H20N2O6. The summed E-state index contributed by atoms with van der Waals surface area (Å²) in [4.78, 5) is 35.0. The number of amides is 3. The molecule has 0 aromatic heterocycles. The van der Waals surface area contributed by atoms with Crippen molar-refractivity contribution in [1.29, 1.82) is 0 Å². The quantitative estimate of drug-likeness (QED) is 0.619. The normalized spacial score (nSPS) is 13.6.